The predicted molar refractivity (Wildman–Crippen MR) is 290 cm³/mol. The molecule has 5 rings (SSSR count). The zero-order valence-electron chi connectivity index (χ0n) is 47.3. The van der Waals surface area contributed by atoms with Crippen molar-refractivity contribution in [2.45, 2.75) is 181 Å². The van der Waals surface area contributed by atoms with E-state index in [4.69, 9.17) is 18.9 Å². The lowest BCUT2D eigenvalue weighted by Crippen LogP contribution is -2.42. The zero-order chi connectivity index (χ0) is 58.8. The van der Waals surface area contributed by atoms with Gasteiger partial charge in [-0.15, -0.1) is 0 Å². The van der Waals surface area contributed by atoms with Crippen molar-refractivity contribution in [2.24, 2.45) is 0 Å². The molecule has 0 radical (unpaired) electrons. The van der Waals surface area contributed by atoms with Crippen LogP contribution in [-0.2, 0) is 77.0 Å². The van der Waals surface area contributed by atoms with Crippen molar-refractivity contribution in [3.8, 4) is 23.0 Å². The summed E-state index contributed by atoms with van der Waals surface area (Å²) in [7, 11) is -12.2. The molecule has 1 aliphatic rings. The van der Waals surface area contributed by atoms with Crippen LogP contribution in [0.15, 0.2) is 48.5 Å². The zero-order valence-corrected chi connectivity index (χ0v) is 48.9. The van der Waals surface area contributed by atoms with Crippen LogP contribution >= 0.6 is 0 Å². The third-order valence-corrected chi connectivity index (χ3v) is 15.5. The summed E-state index contributed by atoms with van der Waals surface area (Å²) in [5, 5.41) is 0. The number of alkyl halides is 6. The molecule has 0 atom stereocenters. The van der Waals surface area contributed by atoms with E-state index in [9.17, 15) is 52.8 Å². The maximum absolute atomic E-state index is 13.6. The molecule has 8 bridgehead atoms. The third kappa shape index (κ3) is 15.9. The van der Waals surface area contributed by atoms with Gasteiger partial charge >= 0.3 is 31.1 Å². The number of rotatable bonds is 16. The van der Waals surface area contributed by atoms with Gasteiger partial charge in [0.15, 0.2) is 13.2 Å². The van der Waals surface area contributed by atoms with E-state index in [-0.39, 0.29) is 50.4 Å². The molecule has 0 heterocycles. The number of unbranched alkanes of at least 4 members (excludes halogenated alkanes) is 2. The third-order valence-electron chi connectivity index (χ3n) is 13.2. The molecule has 432 valence electrons. The molecule has 0 aromatic heterocycles. The number of carbonyl (C=O) groups is 2. The van der Waals surface area contributed by atoms with Gasteiger partial charge in [-0.05, 0) is 101 Å². The van der Waals surface area contributed by atoms with E-state index in [1.54, 1.807) is 0 Å². The summed E-state index contributed by atoms with van der Waals surface area (Å²) in [5.74, 6) is -1.97. The normalized spacial score (nSPS) is 13.9. The monoisotopic (exact) mass is 1140 g/mol. The van der Waals surface area contributed by atoms with E-state index in [2.05, 4.69) is 0 Å². The smallest absolute Gasteiger partial charge is 0.493 e. The van der Waals surface area contributed by atoms with Crippen LogP contribution in [0.3, 0.4) is 0 Å². The lowest BCUT2D eigenvalue weighted by Gasteiger charge is -2.29. The van der Waals surface area contributed by atoms with Crippen molar-refractivity contribution in [1.29, 1.82) is 0 Å². The van der Waals surface area contributed by atoms with E-state index in [1.807, 2.05) is 145 Å². The Morgan fingerprint density at radius 3 is 0.795 bits per heavy atom. The SMILES string of the molecule is CCCCOc1c2cc(C(C)(C)C)cc1Cc1cc(C(C)(C)C)cc(c1OCC(=O)NS(=O)(=O)C(F)(F)F)Cc1cc(C(C)(C)C)cc(c1OCCCC)Cc1cc(C(C)(C)C)cc(c1OCC(=O)NS(=O)(=O)C(F)(F)F)C2. The Morgan fingerprint density at radius 2 is 0.615 bits per heavy atom. The number of fused-ring (bicyclic) bond motifs is 8. The van der Waals surface area contributed by atoms with E-state index in [1.165, 1.54) is 0 Å². The van der Waals surface area contributed by atoms with Crippen molar-refractivity contribution in [1.82, 2.24) is 9.44 Å². The molecule has 0 aliphatic heterocycles. The molecule has 0 saturated heterocycles. The fourth-order valence-corrected chi connectivity index (χ4v) is 9.70. The Morgan fingerprint density at radius 1 is 0.410 bits per heavy atom. The standard InChI is InChI=1S/C58H76F6N2O10S2/c1-15-17-19-73-49-35-21-39-29-45(55(9,10)11)31-41(51(39)75-33-47(67)65-77(69,70)57(59,60)61)23-37-27-44(54(6,7)8)28-38(50(37)74-20-18-16-2)24-42-32-46(56(12,13)14)30-40(22-36(49)26-43(25-35)53(3,4)5)52(42)76-34-48(68)66-78(71,72)58(62,63)64/h25-32H,15-24,33-34H2,1-14H3,(H,65,67)(H,66,68). The Kier molecular flexibility index (Phi) is 19.2. The van der Waals surface area contributed by atoms with Gasteiger partial charge < -0.3 is 18.9 Å². The first-order valence-electron chi connectivity index (χ1n) is 26.1. The van der Waals surface area contributed by atoms with Crippen LogP contribution in [0.1, 0.15) is 189 Å². The molecule has 4 aromatic rings. The van der Waals surface area contributed by atoms with Crippen LogP contribution in [0, 0.1) is 0 Å². The molecule has 0 spiro atoms. The second kappa shape index (κ2) is 23.7. The average Bonchev–Trinajstić information content (AvgIpc) is 3.27. The Hall–Kier alpha value is -5.50. The fraction of sp³-hybridized carbons (Fsp3) is 0.552. The van der Waals surface area contributed by atoms with Crippen molar-refractivity contribution in [2.75, 3.05) is 26.4 Å². The minimum absolute atomic E-state index is 0.0464. The number of nitrogens with one attached hydrogen (secondary N) is 2. The van der Waals surface area contributed by atoms with Crippen LogP contribution in [0.2, 0.25) is 0 Å². The highest BCUT2D eigenvalue weighted by molar-refractivity contribution is 7.91. The summed E-state index contributed by atoms with van der Waals surface area (Å²) in [4.78, 5) is 26.6. The lowest BCUT2D eigenvalue weighted by molar-refractivity contribution is -0.122. The molecule has 12 nitrogen and oxygen atoms in total. The number of benzene rings is 4. The topological polar surface area (TPSA) is 163 Å². The van der Waals surface area contributed by atoms with Crippen LogP contribution in [0.4, 0.5) is 26.3 Å². The molecule has 4 aromatic carbocycles. The van der Waals surface area contributed by atoms with Gasteiger partial charge in [-0.1, -0.05) is 158 Å². The summed E-state index contributed by atoms with van der Waals surface area (Å²) in [6.45, 7) is 26.5. The number of ether oxygens (including phenoxy) is 4. The summed E-state index contributed by atoms with van der Waals surface area (Å²) < 4.78 is 159. The summed E-state index contributed by atoms with van der Waals surface area (Å²) in [6, 6.07) is 15.6. The van der Waals surface area contributed by atoms with E-state index in [0.717, 1.165) is 44.5 Å². The number of hydrogen-bond acceptors (Lipinski definition) is 10. The molecule has 78 heavy (non-hydrogen) atoms. The molecule has 1 aliphatic carbocycles. The summed E-state index contributed by atoms with van der Waals surface area (Å²) >= 11 is 0. The van der Waals surface area contributed by atoms with Gasteiger partial charge in [0.2, 0.25) is 0 Å². The second-order valence-electron chi connectivity index (χ2n) is 24.1. The molecular weight excluding hydrogens is 1060 g/mol. The number of sulfonamides is 2. The minimum Gasteiger partial charge on any atom is -0.493 e. The van der Waals surface area contributed by atoms with Crippen LogP contribution < -0.4 is 28.4 Å². The van der Waals surface area contributed by atoms with Gasteiger partial charge in [0.25, 0.3) is 11.8 Å². The summed E-state index contributed by atoms with van der Waals surface area (Å²) in [5.41, 5.74) is -5.74. The fourth-order valence-electron chi connectivity index (χ4n) is 8.75. The molecule has 2 N–H and O–H groups in total. The van der Waals surface area contributed by atoms with E-state index in [0.29, 0.717) is 68.8 Å². The van der Waals surface area contributed by atoms with Gasteiger partial charge in [-0.25, -0.2) is 9.44 Å². The van der Waals surface area contributed by atoms with Gasteiger partial charge in [-0.3, -0.25) is 9.59 Å². The maximum Gasteiger partial charge on any atom is 0.516 e. The van der Waals surface area contributed by atoms with E-state index < -0.39 is 77.8 Å². The predicted octanol–water partition coefficient (Wildman–Crippen LogP) is 12.6. The maximum atomic E-state index is 13.6. The number of amides is 2. The van der Waals surface area contributed by atoms with Gasteiger partial charge in [0.1, 0.15) is 23.0 Å². The largest absolute Gasteiger partial charge is 0.516 e. The van der Waals surface area contributed by atoms with Gasteiger partial charge in [0, 0.05) is 25.7 Å². The molecule has 0 fully saturated rings. The number of hydrogen-bond donors (Lipinski definition) is 2. The first-order valence-corrected chi connectivity index (χ1v) is 29.0. The highest BCUT2D eigenvalue weighted by Gasteiger charge is 2.48. The van der Waals surface area contributed by atoms with Gasteiger partial charge in [0.05, 0.1) is 13.2 Å². The first-order chi connectivity index (χ1) is 35.7. The van der Waals surface area contributed by atoms with Crippen molar-refractivity contribution >= 4 is 31.9 Å². The molecule has 0 unspecified atom stereocenters. The van der Waals surface area contributed by atoms with Crippen molar-refractivity contribution in [3.05, 3.63) is 115 Å². The first kappa shape index (κ1) is 63.3. The average molecular weight is 1140 g/mol. The Labute approximate surface area is 456 Å². The van der Waals surface area contributed by atoms with E-state index >= 15 is 0 Å². The molecule has 0 saturated carbocycles. The van der Waals surface area contributed by atoms with Gasteiger partial charge in [-0.2, -0.15) is 43.2 Å². The lowest BCUT2D eigenvalue weighted by atomic mass is 9.79. The second-order valence-corrected chi connectivity index (χ2v) is 27.5. The Bertz CT molecular complexity index is 2780. The minimum atomic E-state index is -6.09. The molecule has 2 amide bonds. The number of halogens is 6. The quantitative estimate of drug-likeness (QED) is 0.0718. The highest BCUT2D eigenvalue weighted by Crippen LogP contribution is 2.45. The van der Waals surface area contributed by atoms with Crippen LogP contribution in [0.25, 0.3) is 0 Å². The molecular formula is C58H76F6N2O10S2. The van der Waals surface area contributed by atoms with Crippen LogP contribution in [0.5, 0.6) is 23.0 Å². The number of carbonyl (C=O) groups excluding carboxylic acids is 2. The summed E-state index contributed by atoms with van der Waals surface area (Å²) in [6.07, 6.45) is 2.98. The highest BCUT2D eigenvalue weighted by atomic mass is 32.2. The molecule has 20 heteroatoms. The van der Waals surface area contributed by atoms with Crippen molar-refractivity contribution < 1.29 is 71.7 Å². The Balaban J connectivity index is 2.01. The van der Waals surface area contributed by atoms with Crippen LogP contribution in [-0.4, -0.2) is 66.1 Å². The van der Waals surface area contributed by atoms with Crippen molar-refractivity contribution in [3.63, 3.8) is 0 Å².